The standard InChI is InChI=1S/C12H19BrN2O/c1-15(8-12(14)9-16-2)7-10-4-3-5-11(13)6-10/h3-6,12H,7-9,14H2,1-2H3. The van der Waals surface area contributed by atoms with Gasteiger partial charge in [-0.05, 0) is 24.7 Å². The average Bonchev–Trinajstić information content (AvgIpc) is 2.17. The third-order valence-electron chi connectivity index (χ3n) is 2.27. The van der Waals surface area contributed by atoms with Crippen LogP contribution in [0.15, 0.2) is 28.7 Å². The molecule has 0 fully saturated rings. The molecule has 1 unspecified atom stereocenters. The summed E-state index contributed by atoms with van der Waals surface area (Å²) in [6.07, 6.45) is 0. The molecule has 0 saturated heterocycles. The summed E-state index contributed by atoms with van der Waals surface area (Å²) >= 11 is 3.46. The third kappa shape index (κ3) is 5.07. The van der Waals surface area contributed by atoms with E-state index >= 15 is 0 Å². The zero-order valence-corrected chi connectivity index (χ0v) is 11.4. The fourth-order valence-electron chi connectivity index (χ4n) is 1.68. The highest BCUT2D eigenvalue weighted by Gasteiger charge is 2.07. The summed E-state index contributed by atoms with van der Waals surface area (Å²) < 4.78 is 6.13. The molecule has 1 atom stereocenters. The van der Waals surface area contributed by atoms with E-state index in [-0.39, 0.29) is 6.04 Å². The molecule has 90 valence electrons. The van der Waals surface area contributed by atoms with Gasteiger partial charge in [-0.3, -0.25) is 0 Å². The van der Waals surface area contributed by atoms with Crippen molar-refractivity contribution in [3.05, 3.63) is 34.3 Å². The van der Waals surface area contributed by atoms with E-state index in [1.54, 1.807) is 7.11 Å². The van der Waals surface area contributed by atoms with E-state index in [0.29, 0.717) is 6.61 Å². The van der Waals surface area contributed by atoms with Gasteiger partial charge in [-0.1, -0.05) is 28.1 Å². The molecular weight excluding hydrogens is 268 g/mol. The Balaban J connectivity index is 2.42. The van der Waals surface area contributed by atoms with Crippen LogP contribution in [0.1, 0.15) is 5.56 Å². The Hall–Kier alpha value is -0.420. The first-order valence-electron chi connectivity index (χ1n) is 5.29. The van der Waals surface area contributed by atoms with E-state index in [4.69, 9.17) is 10.5 Å². The first-order chi connectivity index (χ1) is 7.61. The normalized spacial score (nSPS) is 13.1. The van der Waals surface area contributed by atoms with Crippen LogP contribution >= 0.6 is 15.9 Å². The minimum atomic E-state index is 0.0714. The molecule has 0 radical (unpaired) electrons. The van der Waals surface area contributed by atoms with Crippen LogP contribution in [-0.4, -0.2) is 38.3 Å². The van der Waals surface area contributed by atoms with Crippen molar-refractivity contribution in [2.24, 2.45) is 5.73 Å². The maximum atomic E-state index is 5.89. The molecule has 16 heavy (non-hydrogen) atoms. The van der Waals surface area contributed by atoms with E-state index in [9.17, 15) is 0 Å². The van der Waals surface area contributed by atoms with Crippen LogP contribution in [0.2, 0.25) is 0 Å². The Morgan fingerprint density at radius 2 is 2.25 bits per heavy atom. The van der Waals surface area contributed by atoms with Gasteiger partial charge in [0.25, 0.3) is 0 Å². The number of nitrogens with zero attached hydrogens (tertiary/aromatic N) is 1. The lowest BCUT2D eigenvalue weighted by Gasteiger charge is -2.20. The smallest absolute Gasteiger partial charge is 0.0626 e. The minimum absolute atomic E-state index is 0.0714. The molecule has 1 aromatic rings. The second kappa shape index (κ2) is 7.01. The molecule has 0 saturated carbocycles. The van der Waals surface area contributed by atoms with Gasteiger partial charge in [0.15, 0.2) is 0 Å². The topological polar surface area (TPSA) is 38.5 Å². The van der Waals surface area contributed by atoms with Gasteiger partial charge in [-0.25, -0.2) is 0 Å². The number of ether oxygens (including phenoxy) is 1. The van der Waals surface area contributed by atoms with Crippen molar-refractivity contribution in [1.29, 1.82) is 0 Å². The summed E-state index contributed by atoms with van der Waals surface area (Å²) in [6, 6.07) is 8.38. The van der Waals surface area contributed by atoms with Gasteiger partial charge >= 0.3 is 0 Å². The Labute approximate surface area is 106 Å². The molecule has 2 N–H and O–H groups in total. The molecular formula is C12H19BrN2O. The van der Waals surface area contributed by atoms with E-state index < -0.39 is 0 Å². The summed E-state index contributed by atoms with van der Waals surface area (Å²) in [7, 11) is 3.74. The van der Waals surface area contributed by atoms with Crippen LogP contribution in [0, 0.1) is 0 Å². The number of hydrogen-bond acceptors (Lipinski definition) is 3. The molecule has 0 aliphatic rings. The zero-order chi connectivity index (χ0) is 12.0. The maximum Gasteiger partial charge on any atom is 0.0626 e. The first kappa shape index (κ1) is 13.6. The van der Waals surface area contributed by atoms with Crippen molar-refractivity contribution in [3.8, 4) is 0 Å². The number of benzene rings is 1. The first-order valence-corrected chi connectivity index (χ1v) is 6.08. The lowest BCUT2D eigenvalue weighted by Crippen LogP contribution is -2.38. The van der Waals surface area contributed by atoms with Crippen LogP contribution in [0.3, 0.4) is 0 Å². The summed E-state index contributed by atoms with van der Waals surface area (Å²) in [5.41, 5.74) is 7.17. The molecule has 0 heterocycles. The van der Waals surface area contributed by atoms with Crippen molar-refractivity contribution in [3.63, 3.8) is 0 Å². The van der Waals surface area contributed by atoms with Gasteiger partial charge in [-0.15, -0.1) is 0 Å². The van der Waals surface area contributed by atoms with Gasteiger partial charge in [0.1, 0.15) is 0 Å². The predicted molar refractivity (Wildman–Crippen MR) is 70.3 cm³/mol. The van der Waals surface area contributed by atoms with Gasteiger partial charge in [0.2, 0.25) is 0 Å². The lowest BCUT2D eigenvalue weighted by molar-refractivity contribution is 0.160. The van der Waals surface area contributed by atoms with Gasteiger partial charge in [0, 0.05) is 30.7 Å². The molecule has 0 amide bonds. The highest BCUT2D eigenvalue weighted by atomic mass is 79.9. The molecule has 0 aliphatic heterocycles. The summed E-state index contributed by atoms with van der Waals surface area (Å²) in [5.74, 6) is 0. The number of rotatable bonds is 6. The summed E-state index contributed by atoms with van der Waals surface area (Å²) in [5, 5.41) is 0. The van der Waals surface area contributed by atoms with E-state index in [2.05, 4.69) is 40.0 Å². The Morgan fingerprint density at radius 1 is 1.50 bits per heavy atom. The van der Waals surface area contributed by atoms with Crippen LogP contribution in [0.25, 0.3) is 0 Å². The van der Waals surface area contributed by atoms with Gasteiger partial charge in [0.05, 0.1) is 6.61 Å². The summed E-state index contributed by atoms with van der Waals surface area (Å²) in [6.45, 7) is 2.33. The molecule has 0 spiro atoms. The average molecular weight is 287 g/mol. The van der Waals surface area contributed by atoms with Crippen LogP contribution in [0.4, 0.5) is 0 Å². The predicted octanol–water partition coefficient (Wildman–Crippen LogP) is 1.85. The number of likely N-dealkylation sites (N-methyl/N-ethyl adjacent to an activating group) is 1. The minimum Gasteiger partial charge on any atom is -0.383 e. The van der Waals surface area contributed by atoms with Crippen LogP contribution in [0.5, 0.6) is 0 Å². The largest absolute Gasteiger partial charge is 0.383 e. The molecule has 1 aromatic carbocycles. The molecule has 1 rings (SSSR count). The lowest BCUT2D eigenvalue weighted by atomic mass is 10.2. The van der Waals surface area contributed by atoms with Gasteiger partial charge in [-0.2, -0.15) is 0 Å². The monoisotopic (exact) mass is 286 g/mol. The van der Waals surface area contributed by atoms with Crippen molar-refractivity contribution in [2.45, 2.75) is 12.6 Å². The van der Waals surface area contributed by atoms with Crippen molar-refractivity contribution < 1.29 is 4.74 Å². The Morgan fingerprint density at radius 3 is 2.88 bits per heavy atom. The quantitative estimate of drug-likeness (QED) is 0.868. The summed E-state index contributed by atoms with van der Waals surface area (Å²) in [4.78, 5) is 2.20. The second-order valence-corrected chi connectivity index (χ2v) is 4.96. The maximum absolute atomic E-state index is 5.89. The zero-order valence-electron chi connectivity index (χ0n) is 9.82. The number of hydrogen-bond donors (Lipinski definition) is 1. The highest BCUT2D eigenvalue weighted by molar-refractivity contribution is 9.10. The third-order valence-corrected chi connectivity index (χ3v) is 2.76. The van der Waals surface area contributed by atoms with Crippen molar-refractivity contribution >= 4 is 15.9 Å². The van der Waals surface area contributed by atoms with Crippen LogP contribution in [-0.2, 0) is 11.3 Å². The van der Waals surface area contributed by atoms with E-state index in [1.165, 1.54) is 5.56 Å². The van der Waals surface area contributed by atoms with Crippen molar-refractivity contribution in [2.75, 3.05) is 27.3 Å². The molecule has 4 heteroatoms. The number of nitrogens with two attached hydrogens (primary N) is 1. The molecule has 0 bridgehead atoms. The Bertz CT molecular complexity index is 320. The van der Waals surface area contributed by atoms with E-state index in [0.717, 1.165) is 17.6 Å². The molecule has 0 aromatic heterocycles. The highest BCUT2D eigenvalue weighted by Crippen LogP contribution is 2.12. The van der Waals surface area contributed by atoms with Crippen LogP contribution < -0.4 is 5.73 Å². The molecule has 0 aliphatic carbocycles. The van der Waals surface area contributed by atoms with Gasteiger partial charge < -0.3 is 15.4 Å². The van der Waals surface area contributed by atoms with E-state index in [1.807, 2.05) is 12.1 Å². The van der Waals surface area contributed by atoms with Crippen molar-refractivity contribution in [1.82, 2.24) is 4.90 Å². The number of halogens is 1. The fraction of sp³-hybridized carbons (Fsp3) is 0.500. The fourth-order valence-corrected chi connectivity index (χ4v) is 2.13. The molecule has 3 nitrogen and oxygen atoms in total. The SMILES string of the molecule is COCC(N)CN(C)Cc1cccc(Br)c1. The number of methoxy groups -OCH3 is 1. The Kier molecular flexibility index (Phi) is 5.98. The second-order valence-electron chi connectivity index (χ2n) is 4.04.